The van der Waals surface area contributed by atoms with Crippen LogP contribution in [0.1, 0.15) is 36.0 Å². The van der Waals surface area contributed by atoms with Crippen molar-refractivity contribution in [2.24, 2.45) is 0 Å². The van der Waals surface area contributed by atoms with E-state index in [1.807, 2.05) is 6.07 Å². The van der Waals surface area contributed by atoms with Crippen molar-refractivity contribution in [1.29, 1.82) is 0 Å². The Labute approximate surface area is 106 Å². The maximum atomic E-state index is 11.5. The van der Waals surface area contributed by atoms with Crippen molar-refractivity contribution in [2.75, 3.05) is 12.4 Å². The molecular formula is C13H16ClNO2. The molecule has 0 aromatic heterocycles. The third-order valence-electron chi connectivity index (χ3n) is 3.10. The second kappa shape index (κ2) is 5.41. The highest BCUT2D eigenvalue weighted by Gasteiger charge is 2.16. The molecule has 0 atom stereocenters. The summed E-state index contributed by atoms with van der Waals surface area (Å²) in [5, 5.41) is 3.85. The molecule has 0 bridgehead atoms. The molecule has 0 unspecified atom stereocenters. The fraction of sp³-hybridized carbons (Fsp3) is 0.462. The Kier molecular flexibility index (Phi) is 3.89. The van der Waals surface area contributed by atoms with E-state index in [9.17, 15) is 4.79 Å². The molecule has 2 rings (SSSR count). The van der Waals surface area contributed by atoms with Crippen molar-refractivity contribution < 1.29 is 9.53 Å². The van der Waals surface area contributed by atoms with Crippen LogP contribution in [-0.2, 0) is 4.74 Å². The number of rotatable bonds is 3. The highest BCUT2D eigenvalue weighted by atomic mass is 35.5. The summed E-state index contributed by atoms with van der Waals surface area (Å²) < 4.78 is 4.69. The van der Waals surface area contributed by atoms with Gasteiger partial charge in [0.15, 0.2) is 0 Å². The number of anilines is 1. The summed E-state index contributed by atoms with van der Waals surface area (Å²) >= 11 is 5.96. The zero-order valence-electron chi connectivity index (χ0n) is 9.83. The number of carbonyl (C=O) groups excluding carboxylic acids is 1. The van der Waals surface area contributed by atoms with Gasteiger partial charge in [-0.15, -0.1) is 0 Å². The van der Waals surface area contributed by atoms with Gasteiger partial charge in [0.2, 0.25) is 0 Å². The van der Waals surface area contributed by atoms with Crippen LogP contribution >= 0.6 is 11.6 Å². The summed E-state index contributed by atoms with van der Waals surface area (Å²) in [6.45, 7) is 0. The third kappa shape index (κ3) is 2.91. The minimum Gasteiger partial charge on any atom is -0.465 e. The number of esters is 1. The lowest BCUT2D eigenvalue weighted by Gasteiger charge is -2.14. The zero-order chi connectivity index (χ0) is 12.3. The summed E-state index contributed by atoms with van der Waals surface area (Å²) in [5.74, 6) is -0.398. The predicted octanol–water partition coefficient (Wildman–Crippen LogP) is 3.48. The van der Waals surface area contributed by atoms with Crippen LogP contribution in [0.2, 0.25) is 5.02 Å². The van der Waals surface area contributed by atoms with Crippen LogP contribution in [0.5, 0.6) is 0 Å². The molecule has 1 aliphatic rings. The van der Waals surface area contributed by atoms with E-state index in [2.05, 4.69) is 5.32 Å². The SMILES string of the molecule is COC(=O)c1cc(NC2CCCC2)ccc1Cl. The monoisotopic (exact) mass is 253 g/mol. The predicted molar refractivity (Wildman–Crippen MR) is 68.7 cm³/mol. The molecule has 1 aromatic carbocycles. The van der Waals surface area contributed by atoms with Gasteiger partial charge in [-0.2, -0.15) is 0 Å². The second-order valence-electron chi connectivity index (χ2n) is 4.31. The Balaban J connectivity index is 2.15. The molecular weight excluding hydrogens is 238 g/mol. The Morgan fingerprint density at radius 2 is 2.12 bits per heavy atom. The number of nitrogens with one attached hydrogen (secondary N) is 1. The lowest BCUT2D eigenvalue weighted by Crippen LogP contribution is -2.15. The van der Waals surface area contributed by atoms with Crippen molar-refractivity contribution in [3.8, 4) is 0 Å². The molecule has 17 heavy (non-hydrogen) atoms. The zero-order valence-corrected chi connectivity index (χ0v) is 10.6. The molecule has 0 radical (unpaired) electrons. The number of hydrogen-bond donors (Lipinski definition) is 1. The summed E-state index contributed by atoms with van der Waals surface area (Å²) in [5.41, 5.74) is 1.35. The summed E-state index contributed by atoms with van der Waals surface area (Å²) in [4.78, 5) is 11.5. The van der Waals surface area contributed by atoms with Gasteiger partial charge in [-0.3, -0.25) is 0 Å². The van der Waals surface area contributed by atoms with Gasteiger partial charge in [0.1, 0.15) is 0 Å². The molecule has 1 N–H and O–H groups in total. The van der Waals surface area contributed by atoms with Gasteiger partial charge in [-0.05, 0) is 31.0 Å². The first-order valence-corrected chi connectivity index (χ1v) is 6.23. The average Bonchev–Trinajstić information content (AvgIpc) is 2.83. The summed E-state index contributed by atoms with van der Waals surface area (Å²) in [6, 6.07) is 5.90. The first-order valence-electron chi connectivity index (χ1n) is 5.85. The molecule has 0 amide bonds. The number of hydrogen-bond acceptors (Lipinski definition) is 3. The number of halogens is 1. The van der Waals surface area contributed by atoms with Gasteiger partial charge in [-0.1, -0.05) is 24.4 Å². The molecule has 3 nitrogen and oxygen atoms in total. The standard InChI is InChI=1S/C13H16ClNO2/c1-17-13(16)11-8-10(6-7-12(11)14)15-9-4-2-3-5-9/h6-9,15H,2-5H2,1H3. The topological polar surface area (TPSA) is 38.3 Å². The van der Waals surface area contributed by atoms with E-state index in [1.165, 1.54) is 32.8 Å². The first-order chi connectivity index (χ1) is 8.20. The van der Waals surface area contributed by atoms with Crippen molar-refractivity contribution in [1.82, 2.24) is 0 Å². The first kappa shape index (κ1) is 12.2. The van der Waals surface area contributed by atoms with Crippen molar-refractivity contribution >= 4 is 23.3 Å². The van der Waals surface area contributed by atoms with Gasteiger partial charge in [-0.25, -0.2) is 4.79 Å². The Morgan fingerprint density at radius 1 is 1.41 bits per heavy atom. The van der Waals surface area contributed by atoms with Crippen LogP contribution in [-0.4, -0.2) is 19.1 Å². The lowest BCUT2D eigenvalue weighted by atomic mass is 10.1. The van der Waals surface area contributed by atoms with E-state index in [0.29, 0.717) is 16.6 Å². The maximum absolute atomic E-state index is 11.5. The minimum atomic E-state index is -0.398. The lowest BCUT2D eigenvalue weighted by molar-refractivity contribution is 0.0601. The number of benzene rings is 1. The third-order valence-corrected chi connectivity index (χ3v) is 3.43. The van der Waals surface area contributed by atoms with Crippen molar-refractivity contribution in [3.05, 3.63) is 28.8 Å². The van der Waals surface area contributed by atoms with Gasteiger partial charge >= 0.3 is 5.97 Å². The quantitative estimate of drug-likeness (QED) is 0.838. The molecule has 92 valence electrons. The normalized spacial score (nSPS) is 15.9. The Hall–Kier alpha value is -1.22. The van der Waals surface area contributed by atoms with Crippen LogP contribution < -0.4 is 5.32 Å². The van der Waals surface area contributed by atoms with E-state index in [4.69, 9.17) is 16.3 Å². The molecule has 1 fully saturated rings. The van der Waals surface area contributed by atoms with Crippen LogP contribution in [0.4, 0.5) is 5.69 Å². The van der Waals surface area contributed by atoms with Gasteiger partial charge in [0.25, 0.3) is 0 Å². The largest absolute Gasteiger partial charge is 0.465 e. The van der Waals surface area contributed by atoms with Crippen LogP contribution in [0, 0.1) is 0 Å². The summed E-state index contributed by atoms with van der Waals surface area (Å²) in [6.07, 6.45) is 4.93. The van der Waals surface area contributed by atoms with Crippen molar-refractivity contribution in [2.45, 2.75) is 31.7 Å². The maximum Gasteiger partial charge on any atom is 0.339 e. The molecule has 4 heteroatoms. The molecule has 0 aliphatic heterocycles. The van der Waals surface area contributed by atoms with Crippen LogP contribution in [0.15, 0.2) is 18.2 Å². The van der Waals surface area contributed by atoms with Gasteiger partial charge in [0.05, 0.1) is 17.7 Å². The molecule has 0 saturated heterocycles. The second-order valence-corrected chi connectivity index (χ2v) is 4.72. The number of ether oxygens (including phenoxy) is 1. The van der Waals surface area contributed by atoms with E-state index in [1.54, 1.807) is 12.1 Å². The van der Waals surface area contributed by atoms with E-state index < -0.39 is 5.97 Å². The van der Waals surface area contributed by atoms with Crippen LogP contribution in [0.25, 0.3) is 0 Å². The summed E-state index contributed by atoms with van der Waals surface area (Å²) in [7, 11) is 1.36. The number of methoxy groups -OCH3 is 1. The van der Waals surface area contributed by atoms with Gasteiger partial charge < -0.3 is 10.1 Å². The molecule has 1 aliphatic carbocycles. The highest BCUT2D eigenvalue weighted by molar-refractivity contribution is 6.33. The van der Waals surface area contributed by atoms with E-state index in [-0.39, 0.29) is 0 Å². The Bertz CT molecular complexity index is 414. The van der Waals surface area contributed by atoms with E-state index >= 15 is 0 Å². The number of carbonyl (C=O) groups is 1. The van der Waals surface area contributed by atoms with Gasteiger partial charge in [0, 0.05) is 11.7 Å². The van der Waals surface area contributed by atoms with Crippen molar-refractivity contribution in [3.63, 3.8) is 0 Å². The fourth-order valence-corrected chi connectivity index (χ4v) is 2.38. The van der Waals surface area contributed by atoms with Crippen LogP contribution in [0.3, 0.4) is 0 Å². The highest BCUT2D eigenvalue weighted by Crippen LogP contribution is 2.25. The average molecular weight is 254 g/mol. The van der Waals surface area contributed by atoms with E-state index in [0.717, 1.165) is 5.69 Å². The molecule has 0 heterocycles. The molecule has 1 aromatic rings. The minimum absolute atomic E-state index is 0.398. The molecule has 1 saturated carbocycles. The fourth-order valence-electron chi connectivity index (χ4n) is 2.19. The molecule has 0 spiro atoms. The Morgan fingerprint density at radius 3 is 2.76 bits per heavy atom. The smallest absolute Gasteiger partial charge is 0.339 e.